The maximum Gasteiger partial charge on any atom is 0.225 e. The molecule has 0 bridgehead atoms. The van der Waals surface area contributed by atoms with Crippen LogP contribution < -0.4 is 5.73 Å². The van der Waals surface area contributed by atoms with Crippen molar-refractivity contribution in [3.63, 3.8) is 0 Å². The summed E-state index contributed by atoms with van der Waals surface area (Å²) in [6.07, 6.45) is 1.87. The van der Waals surface area contributed by atoms with Crippen LogP contribution >= 0.6 is 12.2 Å². The van der Waals surface area contributed by atoms with E-state index in [2.05, 4.69) is 0 Å². The predicted molar refractivity (Wildman–Crippen MR) is 76.1 cm³/mol. The fourth-order valence-corrected chi connectivity index (χ4v) is 2.55. The molecule has 2 N–H and O–H groups in total. The van der Waals surface area contributed by atoms with Crippen molar-refractivity contribution in [3.05, 3.63) is 35.1 Å². The molecule has 19 heavy (non-hydrogen) atoms. The SMILES string of the molecule is CC1CCCN(Cc2cccc(C(N)=S)c2F)C1=O. The lowest BCUT2D eigenvalue weighted by molar-refractivity contribution is -0.138. The molecule has 0 radical (unpaired) electrons. The van der Waals surface area contributed by atoms with Crippen LogP contribution in [-0.2, 0) is 11.3 Å². The van der Waals surface area contributed by atoms with Gasteiger partial charge < -0.3 is 10.6 Å². The Hall–Kier alpha value is -1.49. The van der Waals surface area contributed by atoms with Crippen LogP contribution in [0.25, 0.3) is 0 Å². The van der Waals surface area contributed by atoms with Gasteiger partial charge in [0.25, 0.3) is 0 Å². The standard InChI is InChI=1S/C14H17FN2OS/c1-9-4-3-7-17(14(9)18)8-10-5-2-6-11(12(10)15)13(16)19/h2,5-6,9H,3-4,7-8H2,1H3,(H2,16,19). The number of rotatable bonds is 3. The van der Waals surface area contributed by atoms with Gasteiger partial charge in [0.1, 0.15) is 10.8 Å². The average molecular weight is 280 g/mol. The first-order valence-corrected chi connectivity index (χ1v) is 6.77. The van der Waals surface area contributed by atoms with Crippen molar-refractivity contribution < 1.29 is 9.18 Å². The molecule has 1 aromatic rings. The summed E-state index contributed by atoms with van der Waals surface area (Å²) in [6.45, 7) is 2.88. The first-order valence-electron chi connectivity index (χ1n) is 6.36. The first kappa shape index (κ1) is 13.9. The summed E-state index contributed by atoms with van der Waals surface area (Å²) in [4.78, 5) is 13.8. The predicted octanol–water partition coefficient (Wildman–Crippen LogP) is 2.22. The lowest BCUT2D eigenvalue weighted by Crippen LogP contribution is -2.39. The number of hydrogen-bond acceptors (Lipinski definition) is 2. The molecule has 0 aliphatic carbocycles. The quantitative estimate of drug-likeness (QED) is 0.864. The van der Waals surface area contributed by atoms with Crippen LogP contribution in [0.2, 0.25) is 0 Å². The Kier molecular flexibility index (Phi) is 4.14. The lowest BCUT2D eigenvalue weighted by Gasteiger charge is -2.30. The molecule has 0 aromatic heterocycles. The molecule has 1 heterocycles. The summed E-state index contributed by atoms with van der Waals surface area (Å²) in [7, 11) is 0. The number of amides is 1. The number of likely N-dealkylation sites (tertiary alicyclic amines) is 1. The highest BCUT2D eigenvalue weighted by atomic mass is 32.1. The van der Waals surface area contributed by atoms with Crippen LogP contribution in [-0.4, -0.2) is 22.3 Å². The zero-order chi connectivity index (χ0) is 14.0. The van der Waals surface area contributed by atoms with Gasteiger partial charge in [-0.25, -0.2) is 4.39 Å². The van der Waals surface area contributed by atoms with E-state index in [0.29, 0.717) is 12.1 Å². The number of carbonyl (C=O) groups excluding carboxylic acids is 1. The van der Waals surface area contributed by atoms with Crippen molar-refractivity contribution in [2.75, 3.05) is 6.54 Å². The zero-order valence-corrected chi connectivity index (χ0v) is 11.7. The molecular formula is C14H17FN2OS. The Morgan fingerprint density at radius 1 is 1.58 bits per heavy atom. The Morgan fingerprint density at radius 3 is 3.00 bits per heavy atom. The minimum absolute atomic E-state index is 0.0237. The second-order valence-corrected chi connectivity index (χ2v) is 5.39. The normalized spacial score (nSPS) is 19.6. The third kappa shape index (κ3) is 2.92. The Bertz CT molecular complexity index is 518. The summed E-state index contributed by atoms with van der Waals surface area (Å²) in [5.41, 5.74) is 6.18. The molecule has 1 aliphatic heterocycles. The highest BCUT2D eigenvalue weighted by molar-refractivity contribution is 7.80. The number of halogens is 1. The topological polar surface area (TPSA) is 46.3 Å². The Morgan fingerprint density at radius 2 is 2.32 bits per heavy atom. The maximum absolute atomic E-state index is 14.2. The van der Waals surface area contributed by atoms with Gasteiger partial charge >= 0.3 is 0 Å². The van der Waals surface area contributed by atoms with Crippen molar-refractivity contribution in [3.8, 4) is 0 Å². The van der Waals surface area contributed by atoms with Gasteiger partial charge in [-0.15, -0.1) is 0 Å². The van der Waals surface area contributed by atoms with Crippen LogP contribution in [0, 0.1) is 11.7 Å². The summed E-state index contributed by atoms with van der Waals surface area (Å²) < 4.78 is 14.2. The van der Waals surface area contributed by atoms with Gasteiger partial charge in [-0.2, -0.15) is 0 Å². The molecule has 1 fully saturated rings. The molecule has 102 valence electrons. The number of piperidine rings is 1. The van der Waals surface area contributed by atoms with Crippen molar-refractivity contribution >= 4 is 23.1 Å². The summed E-state index contributed by atoms with van der Waals surface area (Å²) >= 11 is 4.81. The average Bonchev–Trinajstić information content (AvgIpc) is 2.37. The molecule has 1 aliphatic rings. The van der Waals surface area contributed by atoms with E-state index in [1.165, 1.54) is 0 Å². The number of nitrogens with zero attached hydrogens (tertiary/aromatic N) is 1. The van der Waals surface area contributed by atoms with E-state index in [4.69, 9.17) is 18.0 Å². The molecular weight excluding hydrogens is 263 g/mol. The molecule has 1 saturated heterocycles. The van der Waals surface area contributed by atoms with Gasteiger partial charge in [0.2, 0.25) is 5.91 Å². The van der Waals surface area contributed by atoms with Crippen LogP contribution in [0.3, 0.4) is 0 Å². The molecule has 1 atom stereocenters. The minimum atomic E-state index is -0.416. The molecule has 2 rings (SSSR count). The molecule has 1 amide bonds. The monoisotopic (exact) mass is 280 g/mol. The van der Waals surface area contributed by atoms with Crippen LogP contribution in [0.4, 0.5) is 4.39 Å². The van der Waals surface area contributed by atoms with Gasteiger partial charge in [0, 0.05) is 30.1 Å². The molecule has 1 aromatic carbocycles. The summed E-state index contributed by atoms with van der Waals surface area (Å²) in [5, 5.41) is 0. The Balaban J connectivity index is 2.21. The van der Waals surface area contributed by atoms with E-state index in [1.807, 2.05) is 6.92 Å². The maximum atomic E-state index is 14.2. The number of thiocarbonyl (C=S) groups is 1. The van der Waals surface area contributed by atoms with E-state index in [9.17, 15) is 9.18 Å². The molecule has 1 unspecified atom stereocenters. The minimum Gasteiger partial charge on any atom is -0.389 e. The number of benzene rings is 1. The van der Waals surface area contributed by atoms with Crippen molar-refractivity contribution in [2.45, 2.75) is 26.3 Å². The molecule has 5 heteroatoms. The van der Waals surface area contributed by atoms with Crippen LogP contribution in [0.1, 0.15) is 30.9 Å². The Labute approximate surface area is 117 Å². The fourth-order valence-electron chi connectivity index (χ4n) is 2.39. The largest absolute Gasteiger partial charge is 0.389 e. The lowest BCUT2D eigenvalue weighted by atomic mass is 9.98. The number of carbonyl (C=O) groups is 1. The smallest absolute Gasteiger partial charge is 0.225 e. The van der Waals surface area contributed by atoms with Gasteiger partial charge in [-0.05, 0) is 18.9 Å². The summed E-state index contributed by atoms with van der Waals surface area (Å²) in [5.74, 6) is -0.303. The van der Waals surface area contributed by atoms with Crippen molar-refractivity contribution in [1.82, 2.24) is 4.90 Å². The van der Waals surface area contributed by atoms with Gasteiger partial charge in [-0.1, -0.05) is 31.3 Å². The molecule has 0 spiro atoms. The molecule has 0 saturated carbocycles. The number of hydrogen-bond donors (Lipinski definition) is 1. The van der Waals surface area contributed by atoms with E-state index in [0.717, 1.165) is 12.8 Å². The van der Waals surface area contributed by atoms with Gasteiger partial charge in [-0.3, -0.25) is 4.79 Å². The van der Waals surface area contributed by atoms with Crippen molar-refractivity contribution in [1.29, 1.82) is 0 Å². The van der Waals surface area contributed by atoms with Gasteiger partial charge in [0.05, 0.1) is 0 Å². The van der Waals surface area contributed by atoms with E-state index in [1.54, 1.807) is 23.1 Å². The van der Waals surface area contributed by atoms with Gasteiger partial charge in [0.15, 0.2) is 0 Å². The van der Waals surface area contributed by atoms with E-state index >= 15 is 0 Å². The van der Waals surface area contributed by atoms with Crippen LogP contribution in [0.15, 0.2) is 18.2 Å². The summed E-state index contributed by atoms with van der Waals surface area (Å²) in [6, 6.07) is 4.94. The molecule has 3 nitrogen and oxygen atoms in total. The zero-order valence-electron chi connectivity index (χ0n) is 10.9. The second-order valence-electron chi connectivity index (χ2n) is 4.95. The van der Waals surface area contributed by atoms with E-state index in [-0.39, 0.29) is 28.9 Å². The highest BCUT2D eigenvalue weighted by Gasteiger charge is 2.26. The third-order valence-electron chi connectivity index (χ3n) is 3.50. The van der Waals surface area contributed by atoms with E-state index < -0.39 is 5.82 Å². The van der Waals surface area contributed by atoms with Crippen LogP contribution in [0.5, 0.6) is 0 Å². The highest BCUT2D eigenvalue weighted by Crippen LogP contribution is 2.21. The first-order chi connectivity index (χ1) is 9.00. The van der Waals surface area contributed by atoms with Crippen molar-refractivity contribution in [2.24, 2.45) is 11.7 Å². The second kappa shape index (κ2) is 5.65. The fraction of sp³-hybridized carbons (Fsp3) is 0.429. The third-order valence-corrected chi connectivity index (χ3v) is 3.72. The number of nitrogens with two attached hydrogens (primary N) is 1.